The monoisotopic (exact) mass is 321 g/mol. The molecular weight excluding hydrogens is 282 g/mol. The number of para-hydroxylation sites is 1. The average molecular weight is 322 g/mol. The summed E-state index contributed by atoms with van der Waals surface area (Å²) in [5.74, 6) is 0. The van der Waals surface area contributed by atoms with Crippen molar-refractivity contribution in [3.63, 3.8) is 0 Å². The van der Waals surface area contributed by atoms with Crippen LogP contribution < -0.4 is 4.48 Å². The van der Waals surface area contributed by atoms with Crippen LogP contribution >= 0.6 is 0 Å². The topological polar surface area (TPSA) is 30.0 Å². The summed E-state index contributed by atoms with van der Waals surface area (Å²) in [6.07, 6.45) is 12.2. The molecule has 0 amide bonds. The number of rotatable bonds is 13. The Hall–Kier alpha value is -0.860. The van der Waals surface area contributed by atoms with Gasteiger partial charge in [0.2, 0.25) is 0 Å². The van der Waals surface area contributed by atoms with Crippen molar-refractivity contribution >= 4 is 5.69 Å². The average Bonchev–Trinajstić information content (AvgIpc) is 2.56. The van der Waals surface area contributed by atoms with Gasteiger partial charge in [-0.15, -0.1) is 0 Å². The molecule has 0 fully saturated rings. The van der Waals surface area contributed by atoms with Gasteiger partial charge >= 0.3 is 0 Å². The van der Waals surface area contributed by atoms with Crippen molar-refractivity contribution in [1.29, 1.82) is 0 Å². The van der Waals surface area contributed by atoms with Gasteiger partial charge in [0.15, 0.2) is 0 Å². The third-order valence-electron chi connectivity index (χ3n) is 4.87. The third kappa shape index (κ3) is 7.99. The van der Waals surface area contributed by atoms with Gasteiger partial charge in [0.1, 0.15) is 5.69 Å². The van der Waals surface area contributed by atoms with Crippen LogP contribution in [0, 0.1) is 0 Å². The molecule has 0 bridgehead atoms. The van der Waals surface area contributed by atoms with E-state index in [1.165, 1.54) is 81.9 Å². The summed E-state index contributed by atoms with van der Waals surface area (Å²) >= 11 is 0. The molecule has 0 spiro atoms. The highest BCUT2D eigenvalue weighted by Crippen LogP contribution is 2.26. The van der Waals surface area contributed by atoms with E-state index in [9.17, 15) is 0 Å². The molecule has 0 radical (unpaired) electrons. The Morgan fingerprint density at radius 1 is 0.609 bits per heavy atom. The molecule has 0 saturated heterocycles. The Morgan fingerprint density at radius 3 is 1.35 bits per heavy atom. The molecule has 2 nitrogen and oxygen atoms in total. The lowest BCUT2D eigenvalue weighted by atomic mass is 10.1. The lowest BCUT2D eigenvalue weighted by Gasteiger charge is -2.39. The van der Waals surface area contributed by atoms with E-state index in [-0.39, 0.29) is 5.48 Å². The van der Waals surface area contributed by atoms with Gasteiger partial charge in [-0.05, 0) is 50.7 Å². The van der Waals surface area contributed by atoms with Crippen LogP contribution in [0.25, 0.3) is 0 Å². The zero-order chi connectivity index (χ0) is 16.1. The van der Waals surface area contributed by atoms with Crippen molar-refractivity contribution in [2.75, 3.05) is 19.6 Å². The van der Waals surface area contributed by atoms with Crippen molar-refractivity contribution in [2.45, 2.75) is 78.6 Å². The standard InChI is InChI=1S/C21H38N.H2O/c1-4-7-13-18-22(19-14-8-5-2,20-15-9-6-3)21-16-11-10-12-17-21;/h10-12,16-17H,4-9,13-15,18-20H2,1-3H3;1H2/q+1;/p-1. The van der Waals surface area contributed by atoms with E-state index in [0.717, 1.165) is 0 Å². The van der Waals surface area contributed by atoms with Crippen molar-refractivity contribution in [2.24, 2.45) is 0 Å². The molecule has 2 heteroatoms. The van der Waals surface area contributed by atoms with Crippen LogP contribution in [-0.2, 0) is 0 Å². The van der Waals surface area contributed by atoms with Gasteiger partial charge in [-0.1, -0.05) is 58.2 Å². The molecule has 1 aromatic carbocycles. The van der Waals surface area contributed by atoms with Crippen LogP contribution in [0.15, 0.2) is 30.3 Å². The summed E-state index contributed by atoms with van der Waals surface area (Å²) in [4.78, 5) is 0. The van der Waals surface area contributed by atoms with E-state index in [1.807, 2.05) is 0 Å². The van der Waals surface area contributed by atoms with E-state index in [1.54, 1.807) is 5.69 Å². The van der Waals surface area contributed by atoms with Crippen molar-refractivity contribution in [3.05, 3.63) is 30.3 Å². The Bertz CT molecular complexity index is 337. The molecule has 0 aromatic heterocycles. The molecule has 1 N–H and O–H groups in total. The number of hydrogen-bond donors (Lipinski definition) is 0. The van der Waals surface area contributed by atoms with Gasteiger partial charge in [0.25, 0.3) is 0 Å². The molecule has 0 saturated carbocycles. The molecule has 1 aromatic rings. The fourth-order valence-electron chi connectivity index (χ4n) is 3.46. The fraction of sp³-hybridized carbons (Fsp3) is 0.714. The highest BCUT2D eigenvalue weighted by Gasteiger charge is 2.28. The summed E-state index contributed by atoms with van der Waals surface area (Å²) in [5, 5.41) is 0. The van der Waals surface area contributed by atoms with E-state index in [4.69, 9.17) is 0 Å². The van der Waals surface area contributed by atoms with Crippen molar-refractivity contribution in [3.8, 4) is 0 Å². The van der Waals surface area contributed by atoms with Gasteiger partial charge in [0.05, 0.1) is 19.6 Å². The Morgan fingerprint density at radius 2 is 1.00 bits per heavy atom. The van der Waals surface area contributed by atoms with Gasteiger partial charge in [-0.25, -0.2) is 0 Å². The molecule has 134 valence electrons. The second-order valence-electron chi connectivity index (χ2n) is 6.77. The quantitative estimate of drug-likeness (QED) is 0.306. The van der Waals surface area contributed by atoms with Crippen molar-refractivity contribution in [1.82, 2.24) is 4.48 Å². The van der Waals surface area contributed by atoms with E-state index < -0.39 is 0 Å². The van der Waals surface area contributed by atoms with Crippen LogP contribution in [0.3, 0.4) is 0 Å². The molecule has 0 heterocycles. The maximum Gasteiger partial charge on any atom is 0.132 e. The third-order valence-corrected chi connectivity index (χ3v) is 4.87. The summed E-state index contributed by atoms with van der Waals surface area (Å²) in [7, 11) is 0. The minimum Gasteiger partial charge on any atom is -0.870 e. The number of unbranched alkanes of at least 4 members (excludes halogenated alkanes) is 6. The highest BCUT2D eigenvalue weighted by atomic mass is 16.0. The fourth-order valence-corrected chi connectivity index (χ4v) is 3.46. The summed E-state index contributed by atoms with van der Waals surface area (Å²) in [6, 6.07) is 11.3. The van der Waals surface area contributed by atoms with Gasteiger partial charge in [-0.2, -0.15) is 0 Å². The highest BCUT2D eigenvalue weighted by molar-refractivity contribution is 5.42. The SMILES string of the molecule is CCCCC[N+](CCCCC)(CCCCC)c1ccccc1.[OH-]. The molecule has 0 unspecified atom stereocenters. The molecule has 0 aliphatic heterocycles. The van der Waals surface area contributed by atoms with Crippen LogP contribution in [0.2, 0.25) is 0 Å². The van der Waals surface area contributed by atoms with E-state index >= 15 is 0 Å². The zero-order valence-corrected chi connectivity index (χ0v) is 15.8. The minimum absolute atomic E-state index is 0. The maximum absolute atomic E-state index is 2.36. The molecule has 1 rings (SSSR count). The zero-order valence-electron chi connectivity index (χ0n) is 15.8. The lowest BCUT2D eigenvalue weighted by Crippen LogP contribution is -2.51. The van der Waals surface area contributed by atoms with Gasteiger partial charge in [0, 0.05) is 0 Å². The lowest BCUT2D eigenvalue weighted by molar-refractivity contribution is 0.255. The Labute approximate surface area is 144 Å². The van der Waals surface area contributed by atoms with Gasteiger partial charge < -0.3 is 5.48 Å². The van der Waals surface area contributed by atoms with Crippen LogP contribution in [0.5, 0.6) is 0 Å². The number of quaternary nitrogens is 1. The molecular formula is C21H39NO. The van der Waals surface area contributed by atoms with E-state index in [0.29, 0.717) is 0 Å². The predicted octanol–water partition coefficient (Wildman–Crippen LogP) is 6.39. The first kappa shape index (κ1) is 22.1. The summed E-state index contributed by atoms with van der Waals surface area (Å²) < 4.78 is 1.22. The minimum atomic E-state index is 0. The summed E-state index contributed by atoms with van der Waals surface area (Å²) in [5.41, 5.74) is 1.55. The second-order valence-corrected chi connectivity index (χ2v) is 6.77. The Balaban J connectivity index is 0.00000484. The molecule has 0 aliphatic carbocycles. The largest absolute Gasteiger partial charge is 0.870 e. The molecule has 0 aliphatic rings. The van der Waals surface area contributed by atoms with Gasteiger partial charge in [-0.3, -0.25) is 4.48 Å². The van der Waals surface area contributed by atoms with Crippen molar-refractivity contribution < 1.29 is 5.48 Å². The van der Waals surface area contributed by atoms with Crippen LogP contribution in [0.1, 0.15) is 78.6 Å². The first-order valence-corrected chi connectivity index (χ1v) is 9.70. The first-order valence-electron chi connectivity index (χ1n) is 9.70. The number of nitrogens with zero attached hydrogens (tertiary/aromatic N) is 1. The van der Waals surface area contributed by atoms with E-state index in [2.05, 4.69) is 51.1 Å². The molecule has 0 atom stereocenters. The molecule has 23 heavy (non-hydrogen) atoms. The Kier molecular flexibility index (Phi) is 13.1. The summed E-state index contributed by atoms with van der Waals surface area (Å²) in [6.45, 7) is 10.9. The van der Waals surface area contributed by atoms with Crippen LogP contribution in [-0.4, -0.2) is 25.1 Å². The normalized spacial score (nSPS) is 11.3. The number of hydrogen-bond acceptors (Lipinski definition) is 1. The first-order chi connectivity index (χ1) is 10.8. The predicted molar refractivity (Wildman–Crippen MR) is 103 cm³/mol. The maximum atomic E-state index is 2.36. The second kappa shape index (κ2) is 13.6. The smallest absolute Gasteiger partial charge is 0.132 e. The van der Waals surface area contributed by atoms with Crippen LogP contribution in [0.4, 0.5) is 5.69 Å². The number of benzene rings is 1.